The van der Waals surface area contributed by atoms with Crippen molar-refractivity contribution in [2.75, 3.05) is 20.8 Å². The van der Waals surface area contributed by atoms with Crippen molar-refractivity contribution in [2.45, 2.75) is 162 Å². The lowest BCUT2D eigenvalue weighted by molar-refractivity contribution is -0.0218. The molecule has 7 nitrogen and oxygen atoms in total. The maximum Gasteiger partial charge on any atom is 0.342 e. The number of nitrogens with two attached hydrogens (primary N) is 1. The van der Waals surface area contributed by atoms with Crippen molar-refractivity contribution in [1.29, 1.82) is 0 Å². The molecule has 1 aromatic carbocycles. The second kappa shape index (κ2) is 19.3. The summed E-state index contributed by atoms with van der Waals surface area (Å²) in [6.45, 7) is 32.3. The Morgan fingerprint density at radius 2 is 1.53 bits per heavy atom. The van der Waals surface area contributed by atoms with Crippen molar-refractivity contribution in [2.24, 2.45) is 23.5 Å². The van der Waals surface area contributed by atoms with E-state index in [1.807, 2.05) is 12.1 Å². The Bertz CT molecular complexity index is 1330. The number of allylic oxidation sites excluding steroid dienone is 1. The van der Waals surface area contributed by atoms with Crippen LogP contribution in [0.25, 0.3) is 0 Å². The third-order valence-electron chi connectivity index (χ3n) is 11.8. The number of carbonyl (C=O) groups is 1. The highest BCUT2D eigenvalue weighted by atomic mass is 28.4. The fourth-order valence-electron chi connectivity index (χ4n) is 7.64. The number of methoxy groups -OCH3 is 2. The first-order chi connectivity index (χ1) is 23.7. The van der Waals surface area contributed by atoms with Crippen LogP contribution in [0.1, 0.15) is 118 Å². The summed E-state index contributed by atoms with van der Waals surface area (Å²) < 4.78 is 32.8. The lowest BCUT2D eigenvalue weighted by atomic mass is 9.86. The molecule has 9 heteroatoms. The molecule has 2 N–H and O–H groups in total. The van der Waals surface area contributed by atoms with Gasteiger partial charge in [-0.2, -0.15) is 0 Å². The van der Waals surface area contributed by atoms with Gasteiger partial charge in [-0.3, -0.25) is 0 Å². The van der Waals surface area contributed by atoms with Crippen LogP contribution in [0, 0.1) is 29.6 Å². The van der Waals surface area contributed by atoms with Crippen LogP contribution in [0.3, 0.4) is 0 Å². The van der Waals surface area contributed by atoms with Crippen LogP contribution < -0.4 is 15.2 Å². The lowest BCUT2D eigenvalue weighted by Crippen LogP contribution is -2.51. The van der Waals surface area contributed by atoms with Crippen LogP contribution >= 0.6 is 0 Å². The fraction of sp³-hybridized carbons (Fsp3) is 0.738. The van der Waals surface area contributed by atoms with Crippen LogP contribution in [0.4, 0.5) is 0 Å². The molecule has 0 spiro atoms. The molecule has 1 heterocycles. The quantitative estimate of drug-likeness (QED) is 0.0828. The minimum absolute atomic E-state index is 0.0159. The molecule has 1 aromatic rings. The molecule has 51 heavy (non-hydrogen) atoms. The van der Waals surface area contributed by atoms with E-state index < -0.39 is 28.7 Å². The van der Waals surface area contributed by atoms with Crippen molar-refractivity contribution in [3.05, 3.63) is 35.4 Å². The molecule has 0 saturated carbocycles. The number of fused-ring (bicyclic) bond motifs is 1. The molecule has 0 bridgehead atoms. The molecule has 290 valence electrons. The molecule has 0 unspecified atom stereocenters. The Morgan fingerprint density at radius 3 is 2.04 bits per heavy atom. The standard InChI is InChI=1S/C42H73NO6Si2/c1-28(2)51(29(3)4,30(5)6)48-37-26-34-25-35(45-13)27-38(46-14)39(34)41(44)47-36(23-18-17-21-31(37)7)33(9)40(32(8)22-19-20-24-43)49-50(15,16)42(10,11)12/h19-20,25,27-33,36-37,40H,21-24,26,43H2,1-16H3/b20-19-/t31-,32+,33+,36-,37+,40+/m0/s1. The SMILES string of the molecule is COc1cc2c(c(OC)c1)C(=O)O[C@H]([C@@H](C)[C@H](O[Si](C)(C)C(C)(C)C)[C@H](C)C/C=C\CN)CC#CC[C@H](C)[C@H](O[Si](C(C)C)(C(C)C)C(C)C)C2. The maximum absolute atomic E-state index is 14.6. The van der Waals surface area contributed by atoms with E-state index in [-0.39, 0.29) is 35.0 Å². The molecular weight excluding hydrogens is 671 g/mol. The average molecular weight is 744 g/mol. The van der Waals surface area contributed by atoms with Crippen molar-refractivity contribution >= 4 is 22.6 Å². The molecule has 0 saturated heterocycles. The third kappa shape index (κ3) is 11.2. The monoisotopic (exact) mass is 743 g/mol. The maximum atomic E-state index is 14.6. The number of hydrogen-bond donors (Lipinski definition) is 1. The fourth-order valence-corrected chi connectivity index (χ4v) is 14.8. The average Bonchev–Trinajstić information content (AvgIpc) is 3.04. The summed E-state index contributed by atoms with van der Waals surface area (Å²) in [6.07, 6.45) is 5.75. The zero-order valence-corrected chi connectivity index (χ0v) is 37.1. The van der Waals surface area contributed by atoms with Gasteiger partial charge in [0.25, 0.3) is 0 Å². The van der Waals surface area contributed by atoms with Crippen molar-refractivity contribution in [3.8, 4) is 23.3 Å². The van der Waals surface area contributed by atoms with Gasteiger partial charge in [-0.15, -0.1) is 5.92 Å². The molecule has 0 fully saturated rings. The van der Waals surface area contributed by atoms with Gasteiger partial charge in [-0.05, 0) is 71.1 Å². The molecular formula is C42H73NO6Si2. The molecule has 0 aromatic heterocycles. The molecule has 1 aliphatic rings. The van der Waals surface area contributed by atoms with Crippen molar-refractivity contribution < 1.29 is 27.9 Å². The minimum Gasteiger partial charge on any atom is -0.497 e. The molecule has 2 rings (SSSR count). The number of ether oxygens (including phenoxy) is 3. The highest BCUT2D eigenvalue weighted by Gasteiger charge is 2.48. The van der Waals surface area contributed by atoms with Gasteiger partial charge in [-0.1, -0.05) is 101 Å². The zero-order chi connectivity index (χ0) is 38.9. The summed E-state index contributed by atoms with van der Waals surface area (Å²) in [4.78, 5) is 14.6. The van der Waals surface area contributed by atoms with Crippen LogP contribution in [0.2, 0.25) is 34.8 Å². The first-order valence-corrected chi connectivity index (χ1v) is 24.3. The van der Waals surface area contributed by atoms with E-state index >= 15 is 0 Å². The summed E-state index contributed by atoms with van der Waals surface area (Å²) in [6, 6.07) is 3.73. The van der Waals surface area contributed by atoms with Gasteiger partial charge in [0.1, 0.15) is 23.2 Å². The molecule has 1 aliphatic heterocycles. The van der Waals surface area contributed by atoms with Gasteiger partial charge < -0.3 is 28.8 Å². The molecule has 0 amide bonds. The van der Waals surface area contributed by atoms with E-state index in [9.17, 15) is 4.79 Å². The van der Waals surface area contributed by atoms with E-state index in [1.165, 1.54) is 0 Å². The van der Waals surface area contributed by atoms with Gasteiger partial charge in [0.05, 0.1) is 26.4 Å². The van der Waals surface area contributed by atoms with E-state index in [4.69, 9.17) is 28.8 Å². The predicted octanol–water partition coefficient (Wildman–Crippen LogP) is 10.3. The van der Waals surface area contributed by atoms with Gasteiger partial charge in [0, 0.05) is 31.4 Å². The smallest absolute Gasteiger partial charge is 0.342 e. The van der Waals surface area contributed by atoms with E-state index in [0.717, 1.165) is 12.0 Å². The number of benzene rings is 1. The summed E-state index contributed by atoms with van der Waals surface area (Å²) in [5.41, 5.74) is 8.27. The Morgan fingerprint density at radius 1 is 0.941 bits per heavy atom. The topological polar surface area (TPSA) is 89.2 Å². The Balaban J connectivity index is 2.76. The van der Waals surface area contributed by atoms with Crippen LogP contribution in [0.5, 0.6) is 11.5 Å². The predicted molar refractivity (Wildman–Crippen MR) is 218 cm³/mol. The number of rotatable bonds is 15. The normalized spacial score (nSPS) is 21.3. The number of esters is 1. The van der Waals surface area contributed by atoms with E-state index in [0.29, 0.717) is 59.5 Å². The Labute approximate surface area is 314 Å². The summed E-state index contributed by atoms with van der Waals surface area (Å²) in [5, 5.41) is 0.0159. The first-order valence-electron chi connectivity index (χ1n) is 19.3. The molecule has 0 aliphatic carbocycles. The summed E-state index contributed by atoms with van der Waals surface area (Å²) in [5.74, 6) is 7.76. The number of hydrogen-bond acceptors (Lipinski definition) is 7. The Hall–Kier alpha value is -2.10. The number of carbonyl (C=O) groups excluding carboxylic acids is 1. The zero-order valence-electron chi connectivity index (χ0n) is 35.1. The second-order valence-corrected chi connectivity index (χ2v) is 27.5. The summed E-state index contributed by atoms with van der Waals surface area (Å²) in [7, 11) is -1.23. The second-order valence-electron chi connectivity index (χ2n) is 17.3. The molecule has 6 atom stereocenters. The van der Waals surface area contributed by atoms with Crippen molar-refractivity contribution in [3.63, 3.8) is 0 Å². The first kappa shape index (κ1) is 45.1. The largest absolute Gasteiger partial charge is 0.497 e. The van der Waals surface area contributed by atoms with E-state index in [1.54, 1.807) is 20.3 Å². The minimum atomic E-state index is -2.27. The van der Waals surface area contributed by atoms with Gasteiger partial charge in [-0.25, -0.2) is 4.79 Å². The molecule has 0 radical (unpaired) electrons. The van der Waals surface area contributed by atoms with E-state index in [2.05, 4.69) is 114 Å². The Kier molecular flexibility index (Phi) is 17.0. The summed E-state index contributed by atoms with van der Waals surface area (Å²) >= 11 is 0. The van der Waals surface area contributed by atoms with Crippen LogP contribution in [0.15, 0.2) is 24.3 Å². The van der Waals surface area contributed by atoms with Gasteiger partial charge in [0.2, 0.25) is 8.32 Å². The van der Waals surface area contributed by atoms with Gasteiger partial charge >= 0.3 is 5.97 Å². The van der Waals surface area contributed by atoms with Crippen molar-refractivity contribution in [1.82, 2.24) is 0 Å². The third-order valence-corrected chi connectivity index (χ3v) is 22.4. The van der Waals surface area contributed by atoms with Crippen LogP contribution in [-0.2, 0) is 20.0 Å². The van der Waals surface area contributed by atoms with Crippen LogP contribution in [-0.4, -0.2) is 61.7 Å². The highest BCUT2D eigenvalue weighted by molar-refractivity contribution is 6.77. The highest BCUT2D eigenvalue weighted by Crippen LogP contribution is 2.45. The number of cyclic esters (lactones) is 1. The lowest BCUT2D eigenvalue weighted by Gasteiger charge is -2.46. The van der Waals surface area contributed by atoms with Gasteiger partial charge in [0.15, 0.2) is 8.32 Å².